The van der Waals surface area contributed by atoms with E-state index in [4.69, 9.17) is 14.2 Å². The van der Waals surface area contributed by atoms with Crippen molar-refractivity contribution in [2.45, 2.75) is 297 Å². The van der Waals surface area contributed by atoms with Crippen LogP contribution in [0.2, 0.25) is 0 Å². The molecule has 6 heteroatoms. The van der Waals surface area contributed by atoms with Crippen molar-refractivity contribution in [1.29, 1.82) is 0 Å². The van der Waals surface area contributed by atoms with E-state index in [1.165, 1.54) is 173 Å². The Kier molecular flexibility index (Phi) is 53.3. The van der Waals surface area contributed by atoms with Crippen LogP contribution in [0.25, 0.3) is 0 Å². The van der Waals surface area contributed by atoms with Crippen LogP contribution in [0, 0.1) is 0 Å². The Morgan fingerprint density at radius 2 is 0.552 bits per heavy atom. The normalized spacial score (nSPS) is 12.5. The van der Waals surface area contributed by atoms with Gasteiger partial charge in [0.15, 0.2) is 6.10 Å². The molecule has 388 valence electrons. The van der Waals surface area contributed by atoms with Crippen LogP contribution in [0.4, 0.5) is 0 Å². The predicted molar refractivity (Wildman–Crippen MR) is 288 cm³/mol. The summed E-state index contributed by atoms with van der Waals surface area (Å²) in [4.78, 5) is 38.1. The first kappa shape index (κ1) is 64.1. The van der Waals surface area contributed by atoms with E-state index >= 15 is 0 Å². The van der Waals surface area contributed by atoms with Crippen molar-refractivity contribution in [2.75, 3.05) is 13.2 Å². The second-order valence-corrected chi connectivity index (χ2v) is 19.2. The van der Waals surface area contributed by atoms with Gasteiger partial charge >= 0.3 is 17.9 Å². The molecule has 0 fully saturated rings. The summed E-state index contributed by atoms with van der Waals surface area (Å²) in [5.41, 5.74) is 0. The molecule has 0 aliphatic carbocycles. The molecule has 67 heavy (non-hydrogen) atoms. The maximum absolute atomic E-state index is 12.8. The number of hydrogen-bond acceptors (Lipinski definition) is 6. The third-order valence-electron chi connectivity index (χ3n) is 12.5. The van der Waals surface area contributed by atoms with Gasteiger partial charge in [0.1, 0.15) is 13.2 Å². The van der Waals surface area contributed by atoms with Crippen LogP contribution in [0.1, 0.15) is 290 Å². The van der Waals surface area contributed by atoms with Crippen molar-refractivity contribution in [3.05, 3.63) is 60.8 Å². The summed E-state index contributed by atoms with van der Waals surface area (Å²) >= 11 is 0. The Morgan fingerprint density at radius 3 is 0.940 bits per heavy atom. The first-order valence-corrected chi connectivity index (χ1v) is 28.8. The fraction of sp³-hybridized carbons (Fsp3) is 0.787. The Morgan fingerprint density at radius 1 is 0.299 bits per heavy atom. The zero-order chi connectivity index (χ0) is 48.6. The van der Waals surface area contributed by atoms with Crippen molar-refractivity contribution < 1.29 is 28.6 Å². The van der Waals surface area contributed by atoms with Crippen molar-refractivity contribution in [1.82, 2.24) is 0 Å². The Balaban J connectivity index is 4.42. The molecule has 0 unspecified atom stereocenters. The van der Waals surface area contributed by atoms with Gasteiger partial charge in [0.2, 0.25) is 0 Å². The average Bonchev–Trinajstić information content (AvgIpc) is 3.33. The van der Waals surface area contributed by atoms with Crippen LogP contribution in [0.3, 0.4) is 0 Å². The largest absolute Gasteiger partial charge is 0.462 e. The zero-order valence-corrected chi connectivity index (χ0v) is 44.4. The van der Waals surface area contributed by atoms with Gasteiger partial charge in [0.25, 0.3) is 0 Å². The first-order chi connectivity index (χ1) is 33.0. The second kappa shape index (κ2) is 55.7. The van der Waals surface area contributed by atoms with Gasteiger partial charge in [0, 0.05) is 19.3 Å². The predicted octanol–water partition coefficient (Wildman–Crippen LogP) is 19.2. The molecule has 0 spiro atoms. The van der Waals surface area contributed by atoms with E-state index < -0.39 is 6.10 Å². The Bertz CT molecular complexity index is 1210. The maximum Gasteiger partial charge on any atom is 0.306 e. The van der Waals surface area contributed by atoms with E-state index in [9.17, 15) is 14.4 Å². The molecule has 0 aromatic carbocycles. The van der Waals surface area contributed by atoms with Crippen LogP contribution in [-0.2, 0) is 28.6 Å². The summed E-state index contributed by atoms with van der Waals surface area (Å²) in [5, 5.41) is 0. The second-order valence-electron chi connectivity index (χ2n) is 19.2. The van der Waals surface area contributed by atoms with E-state index in [2.05, 4.69) is 81.5 Å². The summed E-state index contributed by atoms with van der Waals surface area (Å²) in [5.74, 6) is -0.950. The number of carbonyl (C=O) groups is 3. The molecule has 0 rings (SSSR count). The SMILES string of the molecule is CCCCC/C=C\C/C=C\C/C=C\C/C=C\CCCC(=O)O[C@H](COC(=O)CCCCCCC/C=C\CCCCCC)COC(=O)CCCCCCCCCCCCCCCCCCCCC. The molecule has 0 N–H and O–H groups in total. The van der Waals surface area contributed by atoms with Crippen LogP contribution in [-0.4, -0.2) is 37.2 Å². The van der Waals surface area contributed by atoms with Gasteiger partial charge < -0.3 is 14.2 Å². The molecule has 6 nitrogen and oxygen atoms in total. The lowest BCUT2D eigenvalue weighted by Crippen LogP contribution is -2.30. The number of carbonyl (C=O) groups excluding carboxylic acids is 3. The van der Waals surface area contributed by atoms with E-state index in [1.54, 1.807) is 0 Å². The van der Waals surface area contributed by atoms with Crippen molar-refractivity contribution in [3.63, 3.8) is 0 Å². The van der Waals surface area contributed by atoms with Crippen molar-refractivity contribution in [2.24, 2.45) is 0 Å². The molecule has 0 aromatic rings. The fourth-order valence-electron chi connectivity index (χ4n) is 8.14. The monoisotopic (exact) mass is 937 g/mol. The lowest BCUT2D eigenvalue weighted by molar-refractivity contribution is -0.167. The Labute approximate surface area is 415 Å². The summed E-state index contributed by atoms with van der Waals surface area (Å²) < 4.78 is 16.8. The lowest BCUT2D eigenvalue weighted by atomic mass is 10.0. The highest BCUT2D eigenvalue weighted by atomic mass is 16.6. The summed E-state index contributed by atoms with van der Waals surface area (Å²) in [6, 6.07) is 0. The van der Waals surface area contributed by atoms with Crippen LogP contribution < -0.4 is 0 Å². The molecule has 1 atom stereocenters. The number of ether oxygens (including phenoxy) is 3. The van der Waals surface area contributed by atoms with Crippen LogP contribution in [0.15, 0.2) is 60.8 Å². The van der Waals surface area contributed by atoms with E-state index in [-0.39, 0.29) is 37.5 Å². The third-order valence-corrected chi connectivity index (χ3v) is 12.5. The highest BCUT2D eigenvalue weighted by Crippen LogP contribution is 2.16. The quantitative estimate of drug-likeness (QED) is 0.0262. The van der Waals surface area contributed by atoms with Gasteiger partial charge in [-0.1, -0.05) is 248 Å². The van der Waals surface area contributed by atoms with Gasteiger partial charge in [0.05, 0.1) is 0 Å². The highest BCUT2D eigenvalue weighted by Gasteiger charge is 2.19. The number of allylic oxidation sites excluding steroid dienone is 10. The van der Waals surface area contributed by atoms with Crippen LogP contribution >= 0.6 is 0 Å². The summed E-state index contributed by atoms with van der Waals surface area (Å²) in [7, 11) is 0. The van der Waals surface area contributed by atoms with Gasteiger partial charge in [-0.2, -0.15) is 0 Å². The number of rotatable bonds is 52. The molecule has 0 aliphatic heterocycles. The van der Waals surface area contributed by atoms with E-state index in [0.29, 0.717) is 19.3 Å². The van der Waals surface area contributed by atoms with E-state index in [1.807, 2.05) is 0 Å². The molecule has 0 aromatic heterocycles. The molecule has 0 amide bonds. The number of hydrogen-bond donors (Lipinski definition) is 0. The maximum atomic E-state index is 12.8. The molecule has 0 radical (unpaired) electrons. The molecular formula is C61H108O6. The molecule has 0 saturated heterocycles. The van der Waals surface area contributed by atoms with Crippen molar-refractivity contribution >= 4 is 17.9 Å². The summed E-state index contributed by atoms with van der Waals surface area (Å²) in [6.45, 7) is 6.57. The topological polar surface area (TPSA) is 78.9 Å². The van der Waals surface area contributed by atoms with Gasteiger partial charge in [-0.15, -0.1) is 0 Å². The minimum Gasteiger partial charge on any atom is -0.462 e. The molecule has 0 bridgehead atoms. The van der Waals surface area contributed by atoms with Gasteiger partial charge in [-0.05, 0) is 83.5 Å². The minimum atomic E-state index is -0.804. The Hall–Kier alpha value is -2.89. The molecule has 0 saturated carbocycles. The van der Waals surface area contributed by atoms with Gasteiger partial charge in [-0.3, -0.25) is 14.4 Å². The number of unbranched alkanes of at least 4 members (excludes halogenated alkanes) is 31. The highest BCUT2D eigenvalue weighted by molar-refractivity contribution is 5.71. The third kappa shape index (κ3) is 53.9. The molecule has 0 aliphatic rings. The van der Waals surface area contributed by atoms with E-state index in [0.717, 1.165) is 70.6 Å². The molecule has 0 heterocycles. The molecular weight excluding hydrogens is 829 g/mol. The lowest BCUT2D eigenvalue weighted by Gasteiger charge is -2.18. The first-order valence-electron chi connectivity index (χ1n) is 28.8. The number of esters is 3. The minimum absolute atomic E-state index is 0.0959. The van der Waals surface area contributed by atoms with Gasteiger partial charge in [-0.25, -0.2) is 0 Å². The summed E-state index contributed by atoms with van der Waals surface area (Å²) in [6.07, 6.45) is 69.3. The van der Waals surface area contributed by atoms with Crippen LogP contribution in [0.5, 0.6) is 0 Å². The average molecular weight is 938 g/mol. The fourth-order valence-corrected chi connectivity index (χ4v) is 8.14. The standard InChI is InChI=1S/C61H108O6/c1-4-7-10-13-16-19-22-25-27-29-30-32-33-36-39-42-45-48-51-54-60(63)66-57-58(56-65-59(62)53-50-47-44-41-38-35-24-21-18-15-12-9-6-3)67-61(64)55-52-49-46-43-40-37-34-31-28-26-23-20-17-14-11-8-5-2/h17,20-21,24,26,28,34,37,43,46,58H,4-16,18-19,22-23,25,27,29-33,35-36,38-42,44-45,47-57H2,1-3H3/b20-17-,24-21-,28-26-,37-34-,46-43-/t58-/m1/s1. The zero-order valence-electron chi connectivity index (χ0n) is 44.4. The smallest absolute Gasteiger partial charge is 0.306 e. The van der Waals surface area contributed by atoms with Crippen molar-refractivity contribution in [3.8, 4) is 0 Å².